The number of aromatic nitrogens is 2. The van der Waals surface area contributed by atoms with Crippen LogP contribution in [0.1, 0.15) is 34.0 Å². The number of fused-ring (bicyclic) bond motifs is 1. The summed E-state index contributed by atoms with van der Waals surface area (Å²) in [4.78, 5) is 53.5. The molecule has 0 unspecified atom stereocenters. The van der Waals surface area contributed by atoms with E-state index >= 15 is 0 Å². The summed E-state index contributed by atoms with van der Waals surface area (Å²) >= 11 is 0. The van der Waals surface area contributed by atoms with Gasteiger partial charge in [-0.1, -0.05) is 54.6 Å². The van der Waals surface area contributed by atoms with Crippen molar-refractivity contribution in [3.8, 4) is 0 Å². The molecule has 1 aromatic heterocycles. The fourth-order valence-corrected chi connectivity index (χ4v) is 4.97. The smallest absolute Gasteiger partial charge is 0.326 e. The minimum Gasteiger partial charge on any atom is -0.480 e. The van der Waals surface area contributed by atoms with Gasteiger partial charge in [0.1, 0.15) is 6.04 Å². The highest BCUT2D eigenvalue weighted by atomic mass is 16.6. The first kappa shape index (κ1) is 26.2. The Morgan fingerprint density at radius 1 is 0.900 bits per heavy atom. The number of nitro benzene ring substituents is 2. The maximum atomic E-state index is 14.1. The number of carbonyl (C=O) groups is 2. The van der Waals surface area contributed by atoms with Crippen molar-refractivity contribution < 1.29 is 24.5 Å². The van der Waals surface area contributed by atoms with Gasteiger partial charge in [0.15, 0.2) is 0 Å². The summed E-state index contributed by atoms with van der Waals surface area (Å²) in [5, 5.41) is 32.5. The third-order valence-electron chi connectivity index (χ3n) is 7.00. The molecular weight excluding hydrogens is 518 g/mol. The molecule has 0 fully saturated rings. The minimum atomic E-state index is -1.19. The monoisotopic (exact) mass is 541 g/mol. The highest BCUT2D eigenvalue weighted by molar-refractivity contribution is 5.91. The van der Waals surface area contributed by atoms with Crippen LogP contribution in [0.15, 0.2) is 85.2 Å². The summed E-state index contributed by atoms with van der Waals surface area (Å²) in [7, 11) is 0. The van der Waals surface area contributed by atoms with Crippen LogP contribution in [0.5, 0.6) is 0 Å². The van der Waals surface area contributed by atoms with Crippen LogP contribution in [-0.2, 0) is 29.1 Å². The number of non-ortho nitro benzene ring substituents is 2. The molecule has 1 N–H and O–H groups in total. The number of carboxylic acids is 1. The lowest BCUT2D eigenvalue weighted by molar-refractivity contribution is -0.385. The lowest BCUT2D eigenvalue weighted by Crippen LogP contribution is -2.50. The Labute approximate surface area is 227 Å². The van der Waals surface area contributed by atoms with Crippen molar-refractivity contribution in [1.29, 1.82) is 0 Å². The molecule has 0 spiro atoms. The number of imidazole rings is 1. The number of nitro groups is 2. The second-order valence-corrected chi connectivity index (χ2v) is 9.41. The fourth-order valence-electron chi connectivity index (χ4n) is 4.97. The number of carbonyl (C=O) groups excluding carboxylic acids is 1. The first-order valence-corrected chi connectivity index (χ1v) is 12.3. The van der Waals surface area contributed by atoms with E-state index in [1.807, 2.05) is 34.9 Å². The zero-order chi connectivity index (χ0) is 28.4. The van der Waals surface area contributed by atoms with Crippen LogP contribution >= 0.6 is 0 Å². The van der Waals surface area contributed by atoms with Crippen molar-refractivity contribution in [2.75, 3.05) is 0 Å². The minimum absolute atomic E-state index is 0.0382. The van der Waals surface area contributed by atoms with Crippen molar-refractivity contribution in [3.05, 3.63) is 133 Å². The molecule has 0 saturated carbocycles. The van der Waals surface area contributed by atoms with E-state index in [4.69, 9.17) is 0 Å². The zero-order valence-electron chi connectivity index (χ0n) is 21.0. The Bertz CT molecular complexity index is 1530. The van der Waals surface area contributed by atoms with Crippen molar-refractivity contribution >= 4 is 23.3 Å². The van der Waals surface area contributed by atoms with Gasteiger partial charge >= 0.3 is 5.97 Å². The molecule has 0 radical (unpaired) electrons. The third-order valence-corrected chi connectivity index (χ3v) is 7.00. The van der Waals surface area contributed by atoms with Crippen LogP contribution < -0.4 is 0 Å². The number of hydrogen-bond acceptors (Lipinski definition) is 7. The van der Waals surface area contributed by atoms with Crippen LogP contribution in [0.4, 0.5) is 11.4 Å². The molecule has 0 saturated heterocycles. The summed E-state index contributed by atoms with van der Waals surface area (Å²) in [5.74, 6) is -2.80. The normalized spacial score (nSPS) is 14.5. The first-order valence-electron chi connectivity index (χ1n) is 12.3. The van der Waals surface area contributed by atoms with Crippen molar-refractivity contribution in [1.82, 2.24) is 14.5 Å². The van der Waals surface area contributed by atoms with Crippen molar-refractivity contribution in [3.63, 3.8) is 0 Å². The molecule has 1 aliphatic heterocycles. The molecule has 40 heavy (non-hydrogen) atoms. The molecule has 202 valence electrons. The third kappa shape index (κ3) is 5.14. The number of hydrogen-bond donors (Lipinski definition) is 1. The molecule has 2 heterocycles. The number of aliphatic carboxylic acids is 1. The van der Waals surface area contributed by atoms with E-state index < -0.39 is 33.7 Å². The SMILES string of the molecule is O=C(O)[C@@H]1Cc2c(ncn2Cc2ccccc2)CN1C(=O)C(c1ccc([N+](=O)[O-])cc1)c1ccc([N+](=O)[O-])cc1. The molecule has 0 bridgehead atoms. The second-order valence-electron chi connectivity index (χ2n) is 9.41. The van der Waals surface area contributed by atoms with Gasteiger partial charge in [-0.25, -0.2) is 9.78 Å². The molecule has 12 nitrogen and oxygen atoms in total. The second kappa shape index (κ2) is 10.8. The topological polar surface area (TPSA) is 162 Å². The largest absolute Gasteiger partial charge is 0.480 e. The molecule has 1 amide bonds. The molecule has 1 aliphatic rings. The number of amides is 1. The number of carboxylic acid groups (broad SMARTS) is 1. The van der Waals surface area contributed by atoms with E-state index in [0.29, 0.717) is 23.4 Å². The number of nitrogens with zero attached hydrogens (tertiary/aromatic N) is 5. The van der Waals surface area contributed by atoms with Gasteiger partial charge in [0.05, 0.1) is 34.3 Å². The molecule has 5 rings (SSSR count). The quantitative estimate of drug-likeness (QED) is 0.259. The summed E-state index contributed by atoms with van der Waals surface area (Å²) in [6.45, 7) is 0.445. The van der Waals surface area contributed by atoms with Gasteiger partial charge in [-0.2, -0.15) is 0 Å². The van der Waals surface area contributed by atoms with Crippen LogP contribution in [0.25, 0.3) is 0 Å². The fraction of sp³-hybridized carbons (Fsp3) is 0.179. The Morgan fingerprint density at radius 3 is 1.95 bits per heavy atom. The predicted octanol–water partition coefficient (Wildman–Crippen LogP) is 3.92. The highest BCUT2D eigenvalue weighted by Gasteiger charge is 2.40. The van der Waals surface area contributed by atoms with E-state index in [1.165, 1.54) is 53.4 Å². The molecular formula is C28H23N5O7. The molecule has 4 aromatic rings. The average Bonchev–Trinajstić information content (AvgIpc) is 3.35. The summed E-state index contributed by atoms with van der Waals surface area (Å²) in [6.07, 6.45) is 1.67. The van der Waals surface area contributed by atoms with Crippen LogP contribution in [0, 0.1) is 20.2 Å². The van der Waals surface area contributed by atoms with Gasteiger partial charge < -0.3 is 14.6 Å². The first-order chi connectivity index (χ1) is 19.2. The lowest BCUT2D eigenvalue weighted by Gasteiger charge is -2.35. The number of benzene rings is 3. The maximum Gasteiger partial charge on any atom is 0.326 e. The average molecular weight is 542 g/mol. The lowest BCUT2D eigenvalue weighted by atomic mass is 9.88. The predicted molar refractivity (Wildman–Crippen MR) is 141 cm³/mol. The Kier molecular flexibility index (Phi) is 7.06. The van der Waals surface area contributed by atoms with E-state index in [1.54, 1.807) is 6.33 Å². The zero-order valence-corrected chi connectivity index (χ0v) is 21.0. The Balaban J connectivity index is 1.52. The Hall–Kier alpha value is -5.39. The molecule has 12 heteroatoms. The van der Waals surface area contributed by atoms with Crippen LogP contribution in [0.3, 0.4) is 0 Å². The summed E-state index contributed by atoms with van der Waals surface area (Å²) in [5.41, 5.74) is 2.74. The van der Waals surface area contributed by atoms with Crippen molar-refractivity contribution in [2.24, 2.45) is 0 Å². The van der Waals surface area contributed by atoms with Crippen LogP contribution in [0.2, 0.25) is 0 Å². The van der Waals surface area contributed by atoms with Crippen molar-refractivity contribution in [2.45, 2.75) is 31.5 Å². The molecule has 0 aliphatic carbocycles. The molecule has 1 atom stereocenters. The highest BCUT2D eigenvalue weighted by Crippen LogP contribution is 2.33. The van der Waals surface area contributed by atoms with E-state index in [9.17, 15) is 34.9 Å². The van der Waals surface area contributed by atoms with E-state index in [0.717, 1.165) is 11.3 Å². The summed E-state index contributed by atoms with van der Waals surface area (Å²) in [6, 6.07) is 19.2. The van der Waals surface area contributed by atoms with Gasteiger partial charge in [0, 0.05) is 42.9 Å². The summed E-state index contributed by atoms with van der Waals surface area (Å²) < 4.78 is 1.88. The maximum absolute atomic E-state index is 14.1. The van der Waals surface area contributed by atoms with Gasteiger partial charge in [-0.05, 0) is 16.7 Å². The van der Waals surface area contributed by atoms with Crippen LogP contribution in [-0.4, -0.2) is 47.3 Å². The standard InChI is InChI=1S/C28H23N5O7/c34-27(26(19-6-10-21(11-7-19)32(37)38)20-8-12-22(13-9-20)33(39)40)31-16-23-24(14-25(31)28(35)36)30(17-29-23)15-18-4-2-1-3-5-18/h1-13,17,25-26H,14-16H2,(H,35,36)/t25-/m0/s1. The van der Waals surface area contributed by atoms with Gasteiger partial charge in [-0.3, -0.25) is 25.0 Å². The van der Waals surface area contributed by atoms with Gasteiger partial charge in [0.25, 0.3) is 11.4 Å². The number of rotatable bonds is 8. The van der Waals surface area contributed by atoms with E-state index in [2.05, 4.69) is 4.98 Å². The Morgan fingerprint density at radius 2 is 1.45 bits per heavy atom. The molecule has 3 aromatic carbocycles. The van der Waals surface area contributed by atoms with Gasteiger partial charge in [-0.15, -0.1) is 0 Å². The van der Waals surface area contributed by atoms with Gasteiger partial charge in [0.2, 0.25) is 5.91 Å². The van der Waals surface area contributed by atoms with E-state index in [-0.39, 0.29) is 24.3 Å².